The van der Waals surface area contributed by atoms with Gasteiger partial charge in [0.1, 0.15) is 0 Å². The van der Waals surface area contributed by atoms with Crippen molar-refractivity contribution >= 4 is 21.6 Å². The average Bonchev–Trinajstić information content (AvgIpc) is 2.14. The summed E-state index contributed by atoms with van der Waals surface area (Å²) in [6.07, 6.45) is 0. The fourth-order valence-electron chi connectivity index (χ4n) is 0.923. The lowest BCUT2D eigenvalue weighted by Gasteiger charge is -2.32. The van der Waals surface area contributed by atoms with Crippen molar-refractivity contribution in [3.8, 4) is 0 Å². The van der Waals surface area contributed by atoms with Gasteiger partial charge in [0.15, 0.2) is 0 Å². The van der Waals surface area contributed by atoms with Crippen LogP contribution in [-0.2, 0) is 10.0 Å². The van der Waals surface area contributed by atoms with Gasteiger partial charge in [0, 0.05) is 18.0 Å². The third-order valence-electron chi connectivity index (χ3n) is 2.70. The van der Waals surface area contributed by atoms with Crippen LogP contribution in [-0.4, -0.2) is 51.1 Å². The van der Waals surface area contributed by atoms with E-state index >= 15 is 0 Å². The van der Waals surface area contributed by atoms with E-state index in [-0.39, 0.29) is 17.2 Å². The molecule has 0 aliphatic carbocycles. The zero-order chi connectivity index (χ0) is 13.0. The van der Waals surface area contributed by atoms with Crippen molar-refractivity contribution in [2.45, 2.75) is 26.3 Å². The van der Waals surface area contributed by atoms with E-state index in [1.807, 2.05) is 39.8 Å². The molecule has 0 bridgehead atoms. The van der Waals surface area contributed by atoms with Gasteiger partial charge in [-0.25, -0.2) is 13.1 Å². The maximum atomic E-state index is 11.7. The van der Waals surface area contributed by atoms with Gasteiger partial charge in [-0.2, -0.15) is 0 Å². The fourth-order valence-corrected chi connectivity index (χ4v) is 2.72. The summed E-state index contributed by atoms with van der Waals surface area (Å²) in [4.78, 5) is 1.99. The molecule has 0 aromatic carbocycles. The summed E-state index contributed by atoms with van der Waals surface area (Å²) < 4.78 is 26.0. The molecule has 1 unspecified atom stereocenters. The highest BCUT2D eigenvalue weighted by Gasteiger charge is 2.23. The molecule has 1 atom stereocenters. The van der Waals surface area contributed by atoms with E-state index in [4.69, 9.17) is 11.6 Å². The Hall–Kier alpha value is 0.160. The summed E-state index contributed by atoms with van der Waals surface area (Å²) in [5, 5.41) is 0. The van der Waals surface area contributed by atoms with E-state index in [2.05, 4.69) is 4.72 Å². The highest BCUT2D eigenvalue weighted by Crippen LogP contribution is 2.09. The van der Waals surface area contributed by atoms with Crippen molar-refractivity contribution < 1.29 is 8.42 Å². The maximum absolute atomic E-state index is 11.7. The summed E-state index contributed by atoms with van der Waals surface area (Å²) >= 11 is 5.60. The van der Waals surface area contributed by atoms with Crippen LogP contribution in [0.15, 0.2) is 0 Å². The van der Waals surface area contributed by atoms with Crippen molar-refractivity contribution in [2.24, 2.45) is 5.92 Å². The molecule has 0 aromatic heterocycles. The molecule has 0 spiro atoms. The van der Waals surface area contributed by atoms with Crippen molar-refractivity contribution in [1.29, 1.82) is 0 Å². The SMILES string of the molecule is CC(CCl)CS(=O)(=O)NCC(C)(C)N(C)C. The fraction of sp³-hybridized carbons (Fsp3) is 1.00. The number of halogens is 1. The molecule has 0 saturated carbocycles. The van der Waals surface area contributed by atoms with Crippen LogP contribution in [0.5, 0.6) is 0 Å². The van der Waals surface area contributed by atoms with E-state index in [9.17, 15) is 8.42 Å². The number of nitrogens with zero attached hydrogens (tertiary/aromatic N) is 1. The Morgan fingerprint density at radius 1 is 1.38 bits per heavy atom. The standard InChI is InChI=1S/C10H23ClN2O2S/c1-9(6-11)7-16(14,15)12-8-10(2,3)13(4)5/h9,12H,6-8H2,1-5H3. The summed E-state index contributed by atoms with van der Waals surface area (Å²) in [5.41, 5.74) is -0.197. The number of sulfonamides is 1. The van der Waals surface area contributed by atoms with Crippen molar-refractivity contribution in [3.05, 3.63) is 0 Å². The molecule has 98 valence electrons. The maximum Gasteiger partial charge on any atom is 0.211 e. The summed E-state index contributed by atoms with van der Waals surface area (Å²) in [6.45, 7) is 6.20. The van der Waals surface area contributed by atoms with E-state index in [1.165, 1.54) is 0 Å². The lowest BCUT2D eigenvalue weighted by atomic mass is 10.1. The lowest BCUT2D eigenvalue weighted by Crippen LogP contribution is -2.48. The van der Waals surface area contributed by atoms with Crippen LogP contribution in [0.4, 0.5) is 0 Å². The Morgan fingerprint density at radius 2 is 1.88 bits per heavy atom. The molecule has 4 nitrogen and oxygen atoms in total. The first kappa shape index (κ1) is 16.2. The number of alkyl halides is 1. The number of hydrogen-bond donors (Lipinski definition) is 1. The van der Waals surface area contributed by atoms with Crippen LogP contribution >= 0.6 is 11.6 Å². The summed E-state index contributed by atoms with van der Waals surface area (Å²) in [6, 6.07) is 0. The minimum absolute atomic E-state index is 0.0263. The lowest BCUT2D eigenvalue weighted by molar-refractivity contribution is 0.199. The van der Waals surface area contributed by atoms with Gasteiger partial charge in [0.2, 0.25) is 10.0 Å². The molecular weight excluding hydrogens is 248 g/mol. The summed E-state index contributed by atoms with van der Waals surface area (Å²) in [5.74, 6) is 0.416. The number of likely N-dealkylation sites (N-methyl/N-ethyl adjacent to an activating group) is 1. The van der Waals surface area contributed by atoms with Crippen LogP contribution in [0.3, 0.4) is 0 Å². The normalized spacial score (nSPS) is 15.4. The van der Waals surface area contributed by atoms with Crippen LogP contribution in [0.2, 0.25) is 0 Å². The quantitative estimate of drug-likeness (QED) is 0.706. The minimum Gasteiger partial charge on any atom is -0.303 e. The predicted octanol–water partition coefficient (Wildman–Crippen LogP) is 1.12. The third kappa shape index (κ3) is 6.03. The van der Waals surface area contributed by atoms with Crippen LogP contribution < -0.4 is 4.72 Å². The van der Waals surface area contributed by atoms with Gasteiger partial charge in [-0.1, -0.05) is 6.92 Å². The van der Waals surface area contributed by atoms with E-state index in [1.54, 1.807) is 0 Å². The zero-order valence-corrected chi connectivity index (χ0v) is 12.3. The van der Waals surface area contributed by atoms with Crippen LogP contribution in [0.25, 0.3) is 0 Å². The Bertz CT molecular complexity index is 302. The second-order valence-corrected chi connectivity index (χ2v) is 7.23. The predicted molar refractivity (Wildman–Crippen MR) is 69.4 cm³/mol. The average molecular weight is 271 g/mol. The number of rotatable bonds is 7. The first-order valence-corrected chi connectivity index (χ1v) is 7.50. The van der Waals surface area contributed by atoms with Crippen LogP contribution in [0, 0.1) is 5.92 Å². The minimum atomic E-state index is -3.22. The Labute approximate surface area is 104 Å². The highest BCUT2D eigenvalue weighted by molar-refractivity contribution is 7.89. The molecule has 6 heteroatoms. The second kappa shape index (κ2) is 6.19. The molecule has 0 rings (SSSR count). The van der Waals surface area contributed by atoms with Gasteiger partial charge in [-0.3, -0.25) is 0 Å². The molecule has 0 aliphatic heterocycles. The van der Waals surface area contributed by atoms with Gasteiger partial charge >= 0.3 is 0 Å². The first-order chi connectivity index (χ1) is 7.10. The molecule has 0 aliphatic rings. The topological polar surface area (TPSA) is 49.4 Å². The monoisotopic (exact) mass is 270 g/mol. The third-order valence-corrected chi connectivity index (χ3v) is 4.82. The Balaban J connectivity index is 4.30. The molecule has 0 amide bonds. The Morgan fingerprint density at radius 3 is 2.25 bits per heavy atom. The molecule has 0 aromatic rings. The van der Waals surface area contributed by atoms with Gasteiger partial charge in [-0.05, 0) is 33.9 Å². The van der Waals surface area contributed by atoms with Gasteiger partial charge in [-0.15, -0.1) is 11.6 Å². The van der Waals surface area contributed by atoms with Crippen molar-refractivity contribution in [3.63, 3.8) is 0 Å². The van der Waals surface area contributed by atoms with E-state index in [0.29, 0.717) is 12.4 Å². The largest absolute Gasteiger partial charge is 0.303 e. The second-order valence-electron chi connectivity index (χ2n) is 5.07. The molecule has 0 fully saturated rings. The zero-order valence-electron chi connectivity index (χ0n) is 10.7. The first-order valence-electron chi connectivity index (χ1n) is 5.31. The number of nitrogens with one attached hydrogen (secondary N) is 1. The molecule has 1 N–H and O–H groups in total. The molecule has 0 radical (unpaired) electrons. The highest BCUT2D eigenvalue weighted by atomic mass is 35.5. The Kier molecular flexibility index (Phi) is 6.25. The molecular formula is C10H23ClN2O2S. The van der Waals surface area contributed by atoms with Gasteiger partial charge in [0.05, 0.1) is 5.75 Å². The van der Waals surface area contributed by atoms with Crippen molar-refractivity contribution in [2.75, 3.05) is 32.3 Å². The molecule has 0 saturated heterocycles. The molecule has 16 heavy (non-hydrogen) atoms. The van der Waals surface area contributed by atoms with E-state index in [0.717, 1.165) is 0 Å². The molecule has 0 heterocycles. The number of hydrogen-bond acceptors (Lipinski definition) is 3. The van der Waals surface area contributed by atoms with Gasteiger partial charge in [0.25, 0.3) is 0 Å². The summed E-state index contributed by atoms with van der Waals surface area (Å²) in [7, 11) is 0.632. The van der Waals surface area contributed by atoms with Crippen LogP contribution in [0.1, 0.15) is 20.8 Å². The van der Waals surface area contributed by atoms with Gasteiger partial charge < -0.3 is 4.90 Å². The smallest absolute Gasteiger partial charge is 0.211 e. The van der Waals surface area contributed by atoms with E-state index < -0.39 is 10.0 Å². The van der Waals surface area contributed by atoms with Crippen molar-refractivity contribution in [1.82, 2.24) is 9.62 Å².